The Kier molecular flexibility index (Phi) is 3.22. The Labute approximate surface area is 97.1 Å². The van der Waals surface area contributed by atoms with Gasteiger partial charge in [0.15, 0.2) is 0 Å². The minimum absolute atomic E-state index is 0.0723. The van der Waals surface area contributed by atoms with Crippen LogP contribution in [0.25, 0.3) is 0 Å². The molecule has 1 saturated heterocycles. The van der Waals surface area contributed by atoms with Crippen molar-refractivity contribution >= 4 is 5.91 Å². The molecule has 1 amide bonds. The molecule has 0 spiro atoms. The highest BCUT2D eigenvalue weighted by Crippen LogP contribution is 2.42. The number of carbonyl (C=O) groups is 1. The first kappa shape index (κ1) is 11.9. The molecule has 0 aromatic carbocycles. The summed E-state index contributed by atoms with van der Waals surface area (Å²) in [7, 11) is 0. The second-order valence-electron chi connectivity index (χ2n) is 5.42. The van der Waals surface area contributed by atoms with E-state index in [4.69, 9.17) is 4.74 Å². The van der Waals surface area contributed by atoms with Crippen molar-refractivity contribution in [3.05, 3.63) is 0 Å². The number of carbonyl (C=O) groups excluding carboxylic acids is 1. The molecule has 1 saturated carbocycles. The van der Waals surface area contributed by atoms with E-state index in [-0.39, 0.29) is 23.3 Å². The summed E-state index contributed by atoms with van der Waals surface area (Å²) in [5, 5.41) is 6.25. The van der Waals surface area contributed by atoms with E-state index >= 15 is 0 Å². The van der Waals surface area contributed by atoms with Crippen LogP contribution in [0.1, 0.15) is 27.2 Å². The summed E-state index contributed by atoms with van der Waals surface area (Å²) in [6.07, 6.45) is 1.24. The molecule has 92 valence electrons. The van der Waals surface area contributed by atoms with E-state index in [2.05, 4.69) is 24.5 Å². The standard InChI is InChI=1S/C12H22N2O2/c1-4-16-10-5-9(12(10,2)3)14-11(15)8-6-13-7-8/h8-10,13H,4-7H2,1-3H3,(H,14,15). The molecular weight excluding hydrogens is 204 g/mol. The molecule has 2 rings (SSSR count). The van der Waals surface area contributed by atoms with Crippen LogP contribution in [0, 0.1) is 11.3 Å². The quantitative estimate of drug-likeness (QED) is 0.735. The Hall–Kier alpha value is -0.610. The third kappa shape index (κ3) is 1.96. The second-order valence-corrected chi connectivity index (χ2v) is 5.42. The Morgan fingerprint density at radius 3 is 2.62 bits per heavy atom. The number of amides is 1. The molecule has 2 fully saturated rings. The highest BCUT2D eigenvalue weighted by Gasteiger charge is 2.50. The topological polar surface area (TPSA) is 50.4 Å². The van der Waals surface area contributed by atoms with Gasteiger partial charge in [0.05, 0.1) is 12.0 Å². The van der Waals surface area contributed by atoms with E-state index in [0.717, 1.165) is 26.1 Å². The molecule has 0 aromatic rings. The average Bonchev–Trinajstić information content (AvgIpc) is 2.13. The van der Waals surface area contributed by atoms with Gasteiger partial charge in [-0.1, -0.05) is 13.8 Å². The van der Waals surface area contributed by atoms with Gasteiger partial charge in [0.1, 0.15) is 0 Å². The van der Waals surface area contributed by atoms with Crippen LogP contribution >= 0.6 is 0 Å². The summed E-state index contributed by atoms with van der Waals surface area (Å²) in [5.41, 5.74) is 0.0723. The largest absolute Gasteiger partial charge is 0.378 e. The third-order valence-electron chi connectivity index (χ3n) is 4.01. The molecule has 2 N–H and O–H groups in total. The number of nitrogens with one attached hydrogen (secondary N) is 2. The second kappa shape index (κ2) is 4.34. The highest BCUT2D eigenvalue weighted by molar-refractivity contribution is 5.80. The summed E-state index contributed by atoms with van der Waals surface area (Å²) in [6.45, 7) is 8.76. The Balaban J connectivity index is 1.81. The maximum Gasteiger partial charge on any atom is 0.225 e. The fraction of sp³-hybridized carbons (Fsp3) is 0.917. The van der Waals surface area contributed by atoms with Crippen LogP contribution in [0.2, 0.25) is 0 Å². The zero-order valence-electron chi connectivity index (χ0n) is 10.4. The molecule has 2 atom stereocenters. The molecular formula is C12H22N2O2. The molecule has 4 nitrogen and oxygen atoms in total. The lowest BCUT2D eigenvalue weighted by atomic mass is 9.64. The number of rotatable bonds is 4. The molecule has 2 unspecified atom stereocenters. The van der Waals surface area contributed by atoms with Gasteiger partial charge < -0.3 is 15.4 Å². The smallest absolute Gasteiger partial charge is 0.225 e. The number of ether oxygens (including phenoxy) is 1. The van der Waals surface area contributed by atoms with Crippen LogP contribution < -0.4 is 10.6 Å². The fourth-order valence-corrected chi connectivity index (χ4v) is 2.38. The molecule has 0 radical (unpaired) electrons. The van der Waals surface area contributed by atoms with Gasteiger partial charge in [-0.15, -0.1) is 0 Å². The van der Waals surface area contributed by atoms with Gasteiger partial charge in [0.2, 0.25) is 5.91 Å². The van der Waals surface area contributed by atoms with Crippen molar-refractivity contribution in [2.45, 2.75) is 39.3 Å². The van der Waals surface area contributed by atoms with Gasteiger partial charge in [-0.25, -0.2) is 0 Å². The van der Waals surface area contributed by atoms with Gasteiger partial charge in [0, 0.05) is 31.2 Å². The monoisotopic (exact) mass is 226 g/mol. The predicted molar refractivity (Wildman–Crippen MR) is 62.1 cm³/mol. The van der Waals surface area contributed by atoms with Crippen molar-refractivity contribution in [2.75, 3.05) is 19.7 Å². The van der Waals surface area contributed by atoms with Gasteiger partial charge in [-0.2, -0.15) is 0 Å². The molecule has 2 aliphatic rings. The molecule has 0 bridgehead atoms. The van der Waals surface area contributed by atoms with E-state index in [9.17, 15) is 4.79 Å². The minimum atomic E-state index is 0.0723. The molecule has 4 heteroatoms. The molecule has 1 heterocycles. The van der Waals surface area contributed by atoms with Crippen molar-refractivity contribution in [3.63, 3.8) is 0 Å². The lowest BCUT2D eigenvalue weighted by molar-refractivity contribution is -0.140. The number of hydrogen-bond donors (Lipinski definition) is 2. The Morgan fingerprint density at radius 1 is 1.50 bits per heavy atom. The summed E-state index contributed by atoms with van der Waals surface area (Å²) in [4.78, 5) is 11.8. The van der Waals surface area contributed by atoms with Crippen molar-refractivity contribution in [1.29, 1.82) is 0 Å². The van der Waals surface area contributed by atoms with Gasteiger partial charge in [-0.05, 0) is 13.3 Å². The van der Waals surface area contributed by atoms with E-state index in [1.54, 1.807) is 0 Å². The van der Waals surface area contributed by atoms with Crippen molar-refractivity contribution < 1.29 is 9.53 Å². The predicted octanol–water partition coefficient (Wildman–Crippen LogP) is 0.526. The Bertz CT molecular complexity index is 274. The first-order valence-corrected chi connectivity index (χ1v) is 6.18. The summed E-state index contributed by atoms with van der Waals surface area (Å²) < 4.78 is 5.64. The van der Waals surface area contributed by atoms with E-state index in [0.29, 0.717) is 6.10 Å². The van der Waals surface area contributed by atoms with E-state index in [1.807, 2.05) is 6.92 Å². The SMILES string of the molecule is CCOC1CC(NC(=O)C2CNC2)C1(C)C. The van der Waals surface area contributed by atoms with Crippen LogP contribution in [0.3, 0.4) is 0 Å². The van der Waals surface area contributed by atoms with Crippen LogP contribution in [-0.2, 0) is 9.53 Å². The van der Waals surface area contributed by atoms with Crippen LogP contribution in [-0.4, -0.2) is 37.7 Å². The summed E-state index contributed by atoms with van der Waals surface area (Å²) >= 11 is 0. The third-order valence-corrected chi connectivity index (χ3v) is 4.01. The van der Waals surface area contributed by atoms with Crippen LogP contribution in [0.4, 0.5) is 0 Å². The normalized spacial score (nSPS) is 32.7. The molecule has 16 heavy (non-hydrogen) atoms. The van der Waals surface area contributed by atoms with Gasteiger partial charge in [0.25, 0.3) is 0 Å². The lowest BCUT2D eigenvalue weighted by Gasteiger charge is -2.52. The lowest BCUT2D eigenvalue weighted by Crippen LogP contribution is -2.64. The Morgan fingerprint density at radius 2 is 2.19 bits per heavy atom. The van der Waals surface area contributed by atoms with Crippen molar-refractivity contribution in [2.24, 2.45) is 11.3 Å². The zero-order valence-corrected chi connectivity index (χ0v) is 10.4. The molecule has 1 aliphatic carbocycles. The van der Waals surface area contributed by atoms with E-state index < -0.39 is 0 Å². The van der Waals surface area contributed by atoms with Gasteiger partial charge in [-0.3, -0.25) is 4.79 Å². The van der Waals surface area contributed by atoms with Crippen LogP contribution in [0.15, 0.2) is 0 Å². The van der Waals surface area contributed by atoms with Crippen molar-refractivity contribution in [1.82, 2.24) is 10.6 Å². The summed E-state index contributed by atoms with van der Waals surface area (Å²) in [6, 6.07) is 0.275. The fourth-order valence-electron chi connectivity index (χ4n) is 2.38. The molecule has 1 aliphatic heterocycles. The van der Waals surface area contributed by atoms with Crippen molar-refractivity contribution in [3.8, 4) is 0 Å². The van der Waals surface area contributed by atoms with Gasteiger partial charge >= 0.3 is 0 Å². The van der Waals surface area contributed by atoms with E-state index in [1.165, 1.54) is 0 Å². The number of hydrogen-bond acceptors (Lipinski definition) is 3. The first-order valence-electron chi connectivity index (χ1n) is 6.18. The molecule has 0 aromatic heterocycles. The highest BCUT2D eigenvalue weighted by atomic mass is 16.5. The first-order chi connectivity index (χ1) is 7.55. The minimum Gasteiger partial charge on any atom is -0.378 e. The average molecular weight is 226 g/mol. The van der Waals surface area contributed by atoms with Crippen LogP contribution in [0.5, 0.6) is 0 Å². The maximum atomic E-state index is 11.8. The summed E-state index contributed by atoms with van der Waals surface area (Å²) in [5.74, 6) is 0.383. The maximum absolute atomic E-state index is 11.8. The zero-order chi connectivity index (χ0) is 11.8.